The van der Waals surface area contributed by atoms with E-state index in [1.165, 1.54) is 6.42 Å². The fraction of sp³-hybridized carbons (Fsp3) is 1.00. The Labute approximate surface area is 46.0 Å². The van der Waals surface area contributed by atoms with Gasteiger partial charge in [0, 0.05) is 11.4 Å². The van der Waals surface area contributed by atoms with Gasteiger partial charge in [-0.15, -0.1) is 0 Å². The number of nitrogens with two attached hydrogens (primary N) is 1. The summed E-state index contributed by atoms with van der Waals surface area (Å²) in [7, 11) is 0. The molecule has 1 rings (SSSR count). The molecule has 0 heterocycles. The van der Waals surface area contributed by atoms with E-state index in [2.05, 4.69) is 15.9 Å². The molecule has 0 unspecified atom stereocenters. The third kappa shape index (κ3) is 0.738. The van der Waals surface area contributed by atoms with Crippen LogP contribution < -0.4 is 5.73 Å². The Hall–Kier alpha value is 0.440. The zero-order valence-corrected chi connectivity index (χ0v) is 5.11. The van der Waals surface area contributed by atoms with E-state index in [0.29, 0.717) is 6.04 Å². The van der Waals surface area contributed by atoms with E-state index in [1.807, 2.05) is 0 Å². The van der Waals surface area contributed by atoms with Crippen LogP contribution in [0.15, 0.2) is 0 Å². The molecular weight excluding hydrogens is 142 g/mol. The summed E-state index contributed by atoms with van der Waals surface area (Å²) in [5.41, 5.74) is 5.45. The van der Waals surface area contributed by atoms with Crippen molar-refractivity contribution >= 4 is 15.9 Å². The van der Waals surface area contributed by atoms with Crippen LogP contribution in [-0.2, 0) is 0 Å². The van der Waals surface area contributed by atoms with Crippen molar-refractivity contribution in [1.82, 2.24) is 0 Å². The average molecular weight is 150 g/mol. The highest BCUT2D eigenvalue weighted by atomic mass is 79.9. The van der Waals surface area contributed by atoms with Gasteiger partial charge in [0.15, 0.2) is 0 Å². The largest absolute Gasteiger partial charge is 0.327 e. The Bertz CT molecular complexity index is 53.5. The van der Waals surface area contributed by atoms with Crippen LogP contribution in [0, 0.1) is 5.92 Å². The minimum absolute atomic E-state index is 0.518. The summed E-state index contributed by atoms with van der Waals surface area (Å²) in [6.07, 6.45) is 1.23. The summed E-state index contributed by atoms with van der Waals surface area (Å²) < 4.78 is 0. The lowest BCUT2D eigenvalue weighted by Gasteiger charge is -1.78. The van der Waals surface area contributed by atoms with Crippen molar-refractivity contribution in [2.45, 2.75) is 12.5 Å². The topological polar surface area (TPSA) is 26.0 Å². The molecule has 1 fully saturated rings. The van der Waals surface area contributed by atoms with Crippen molar-refractivity contribution in [3.63, 3.8) is 0 Å². The van der Waals surface area contributed by atoms with Gasteiger partial charge in [-0.25, -0.2) is 0 Å². The minimum Gasteiger partial charge on any atom is -0.327 e. The van der Waals surface area contributed by atoms with Crippen molar-refractivity contribution in [2.75, 3.05) is 5.33 Å². The summed E-state index contributed by atoms with van der Waals surface area (Å²) in [5, 5.41) is 1.09. The molecule has 0 amide bonds. The number of hydrogen-bond acceptors (Lipinski definition) is 1. The van der Waals surface area contributed by atoms with Gasteiger partial charge in [-0.05, 0) is 12.3 Å². The van der Waals surface area contributed by atoms with Gasteiger partial charge in [-0.3, -0.25) is 0 Å². The second-order valence-corrected chi connectivity index (χ2v) is 2.46. The first kappa shape index (κ1) is 4.60. The normalized spacial score (nSPS) is 43.0. The highest BCUT2D eigenvalue weighted by Gasteiger charge is 2.31. The van der Waals surface area contributed by atoms with Crippen LogP contribution in [0.1, 0.15) is 6.42 Å². The van der Waals surface area contributed by atoms with Gasteiger partial charge in [-0.1, -0.05) is 15.9 Å². The first-order chi connectivity index (χ1) is 2.84. The van der Waals surface area contributed by atoms with E-state index in [4.69, 9.17) is 5.73 Å². The lowest BCUT2D eigenvalue weighted by atomic mass is 10.5. The van der Waals surface area contributed by atoms with Gasteiger partial charge in [0.1, 0.15) is 0 Å². The van der Waals surface area contributed by atoms with Gasteiger partial charge in [-0.2, -0.15) is 0 Å². The third-order valence-corrected chi connectivity index (χ3v) is 2.01. The van der Waals surface area contributed by atoms with Crippen molar-refractivity contribution in [3.05, 3.63) is 0 Å². The van der Waals surface area contributed by atoms with E-state index < -0.39 is 0 Å². The van der Waals surface area contributed by atoms with Gasteiger partial charge in [0.05, 0.1) is 0 Å². The van der Waals surface area contributed by atoms with Gasteiger partial charge in [0.2, 0.25) is 0 Å². The number of alkyl halides is 1. The van der Waals surface area contributed by atoms with Crippen molar-refractivity contribution in [1.29, 1.82) is 0 Å². The van der Waals surface area contributed by atoms with Crippen molar-refractivity contribution in [2.24, 2.45) is 11.7 Å². The van der Waals surface area contributed by atoms with Crippen LogP contribution in [0.25, 0.3) is 0 Å². The second kappa shape index (κ2) is 1.51. The van der Waals surface area contributed by atoms with Gasteiger partial charge in [0.25, 0.3) is 0 Å². The number of hydrogen-bond donors (Lipinski definition) is 1. The fourth-order valence-corrected chi connectivity index (χ4v) is 1.19. The van der Waals surface area contributed by atoms with E-state index in [0.717, 1.165) is 11.2 Å². The zero-order chi connectivity index (χ0) is 4.57. The quantitative estimate of drug-likeness (QED) is 0.548. The minimum atomic E-state index is 0.518. The summed E-state index contributed by atoms with van der Waals surface area (Å²) in [6, 6.07) is 0.518. The Morgan fingerprint density at radius 1 is 1.83 bits per heavy atom. The molecule has 0 radical (unpaired) electrons. The van der Waals surface area contributed by atoms with E-state index in [9.17, 15) is 0 Å². The second-order valence-electron chi connectivity index (χ2n) is 1.81. The van der Waals surface area contributed by atoms with Gasteiger partial charge < -0.3 is 5.73 Å². The molecule has 36 valence electrons. The predicted molar refractivity (Wildman–Crippen MR) is 29.9 cm³/mol. The Kier molecular flexibility index (Phi) is 1.15. The molecule has 0 aromatic carbocycles. The van der Waals surface area contributed by atoms with Crippen molar-refractivity contribution < 1.29 is 0 Å². The highest BCUT2D eigenvalue weighted by molar-refractivity contribution is 9.09. The average Bonchev–Trinajstić information content (AvgIpc) is 2.19. The smallest absolute Gasteiger partial charge is 0.00792 e. The van der Waals surface area contributed by atoms with Crippen LogP contribution in [0.2, 0.25) is 0 Å². The van der Waals surface area contributed by atoms with Crippen LogP contribution in [0.3, 0.4) is 0 Å². The molecule has 1 aliphatic rings. The Balaban J connectivity index is 2.09. The van der Waals surface area contributed by atoms with E-state index >= 15 is 0 Å². The molecule has 6 heavy (non-hydrogen) atoms. The molecule has 0 aromatic rings. The zero-order valence-electron chi connectivity index (χ0n) is 3.52. The summed E-state index contributed by atoms with van der Waals surface area (Å²) in [4.78, 5) is 0. The van der Waals surface area contributed by atoms with Gasteiger partial charge >= 0.3 is 0 Å². The lowest BCUT2D eigenvalue weighted by molar-refractivity contribution is 0.914. The van der Waals surface area contributed by atoms with E-state index in [-0.39, 0.29) is 0 Å². The maximum Gasteiger partial charge on any atom is 0.00792 e. The lowest BCUT2D eigenvalue weighted by Crippen LogP contribution is -2.01. The maximum atomic E-state index is 5.45. The predicted octanol–water partition coefficient (Wildman–Crippen LogP) is 0.728. The summed E-state index contributed by atoms with van der Waals surface area (Å²) >= 11 is 3.34. The molecule has 2 atom stereocenters. The molecule has 0 aromatic heterocycles. The summed E-state index contributed by atoms with van der Waals surface area (Å²) in [5.74, 6) is 0.796. The fourth-order valence-electron chi connectivity index (χ4n) is 0.448. The molecule has 1 aliphatic carbocycles. The first-order valence-electron chi connectivity index (χ1n) is 2.16. The monoisotopic (exact) mass is 149 g/mol. The molecule has 2 heteroatoms. The number of halogens is 1. The molecule has 0 saturated heterocycles. The SMILES string of the molecule is N[C@@H]1C[C@@H]1CBr. The van der Waals surface area contributed by atoms with Crippen LogP contribution in [0.5, 0.6) is 0 Å². The highest BCUT2D eigenvalue weighted by Crippen LogP contribution is 2.28. The Morgan fingerprint density at radius 3 is 2.33 bits per heavy atom. The molecule has 0 spiro atoms. The van der Waals surface area contributed by atoms with Crippen molar-refractivity contribution in [3.8, 4) is 0 Å². The number of rotatable bonds is 1. The maximum absolute atomic E-state index is 5.45. The van der Waals surface area contributed by atoms with E-state index in [1.54, 1.807) is 0 Å². The molecule has 1 saturated carbocycles. The standard InChI is InChI=1S/C4H8BrN/c5-2-3-1-4(3)6/h3-4H,1-2,6H2/t3-,4-/m1/s1. The van der Waals surface area contributed by atoms with Crippen LogP contribution in [0.4, 0.5) is 0 Å². The summed E-state index contributed by atoms with van der Waals surface area (Å²) in [6.45, 7) is 0. The Morgan fingerprint density at radius 2 is 2.33 bits per heavy atom. The van der Waals surface area contributed by atoms with Crippen LogP contribution >= 0.6 is 15.9 Å². The molecule has 0 aliphatic heterocycles. The molecule has 1 nitrogen and oxygen atoms in total. The van der Waals surface area contributed by atoms with Crippen LogP contribution in [-0.4, -0.2) is 11.4 Å². The molecule has 2 N–H and O–H groups in total. The molecule has 0 bridgehead atoms. The first-order valence-corrected chi connectivity index (χ1v) is 3.28. The third-order valence-electron chi connectivity index (χ3n) is 1.18. The molecular formula is C4H8BrN.